The molecule has 0 unspecified atom stereocenters. The smallest absolute Gasteiger partial charge is 0.344 e. The van der Waals surface area contributed by atoms with Gasteiger partial charge in [0.15, 0.2) is 24.0 Å². The predicted molar refractivity (Wildman–Crippen MR) is 140 cm³/mol. The third-order valence-electron chi connectivity index (χ3n) is 6.69. The quantitative estimate of drug-likeness (QED) is 0.273. The lowest BCUT2D eigenvalue weighted by Gasteiger charge is -2.32. The zero-order valence-electron chi connectivity index (χ0n) is 22.0. The van der Waals surface area contributed by atoms with Crippen molar-refractivity contribution in [2.45, 2.75) is 45.4 Å². The second-order valence-corrected chi connectivity index (χ2v) is 9.69. The number of aromatic nitrogens is 4. The van der Waals surface area contributed by atoms with Crippen LogP contribution in [0, 0.1) is 11.6 Å². The van der Waals surface area contributed by atoms with Gasteiger partial charge in [-0.05, 0) is 49.6 Å². The molecular formula is C28H29F2N5O4. The largest absolute Gasteiger partial charge is 0.479 e. The van der Waals surface area contributed by atoms with E-state index in [1.165, 1.54) is 30.6 Å². The fourth-order valence-electron chi connectivity index (χ4n) is 4.71. The van der Waals surface area contributed by atoms with Crippen LogP contribution in [0.5, 0.6) is 5.75 Å². The van der Waals surface area contributed by atoms with Crippen LogP contribution in [-0.2, 0) is 9.53 Å². The van der Waals surface area contributed by atoms with Gasteiger partial charge in [-0.15, -0.1) is 0 Å². The molecule has 0 N–H and O–H groups in total. The van der Waals surface area contributed by atoms with Gasteiger partial charge in [0.1, 0.15) is 18.0 Å². The molecule has 0 bridgehead atoms. The second-order valence-electron chi connectivity index (χ2n) is 9.69. The molecule has 39 heavy (non-hydrogen) atoms. The Bertz CT molecular complexity index is 1480. The first-order chi connectivity index (χ1) is 18.8. The van der Waals surface area contributed by atoms with Gasteiger partial charge in [0.25, 0.3) is 0 Å². The molecule has 3 heterocycles. The summed E-state index contributed by atoms with van der Waals surface area (Å²) in [6, 6.07) is 6.96. The number of carbonyl (C=O) groups is 1. The number of benzene rings is 2. The van der Waals surface area contributed by atoms with E-state index in [0.29, 0.717) is 46.8 Å². The summed E-state index contributed by atoms with van der Waals surface area (Å²) in [6.45, 7) is 6.84. The molecule has 11 heteroatoms. The number of nitrogens with zero attached hydrogens (tertiary/aromatic N) is 5. The van der Waals surface area contributed by atoms with Gasteiger partial charge in [0.05, 0.1) is 12.1 Å². The highest BCUT2D eigenvalue weighted by Crippen LogP contribution is 2.36. The van der Waals surface area contributed by atoms with Crippen LogP contribution >= 0.6 is 0 Å². The molecule has 2 aromatic heterocycles. The Morgan fingerprint density at radius 1 is 1.15 bits per heavy atom. The van der Waals surface area contributed by atoms with Crippen LogP contribution in [0.4, 0.5) is 14.6 Å². The zero-order chi connectivity index (χ0) is 27.5. The summed E-state index contributed by atoms with van der Waals surface area (Å²) in [5.41, 5.74) is 1.34. The number of anilines is 1. The van der Waals surface area contributed by atoms with Gasteiger partial charge in [-0.1, -0.05) is 25.1 Å². The molecule has 5 rings (SSSR count). The molecule has 0 saturated carbocycles. The third kappa shape index (κ3) is 5.67. The Hall–Kier alpha value is -4.15. The van der Waals surface area contributed by atoms with Crippen LogP contribution in [0.1, 0.15) is 57.2 Å². The number of carbonyl (C=O) groups excluding carboxylic acids is 1. The standard InChI is InChI=1S/C28H29F2N5O4/c1-4-37-24(36)14-38-23-6-5-18(11-22(23)30)20-12-19(29)13-21-25(20)31-15-32-27(21)35-9-7-17(8-10-35)26-33-28(16(2)3)39-34-26/h5-6,11-13,15-17H,4,7-10,14H2,1-3H3. The highest BCUT2D eigenvalue weighted by atomic mass is 19.1. The van der Waals surface area contributed by atoms with E-state index in [4.69, 9.17) is 14.0 Å². The molecule has 1 saturated heterocycles. The van der Waals surface area contributed by atoms with E-state index in [1.807, 2.05) is 13.8 Å². The number of rotatable bonds is 8. The minimum atomic E-state index is -0.687. The molecule has 1 aliphatic heterocycles. The Kier molecular flexibility index (Phi) is 7.67. The molecule has 0 radical (unpaired) electrons. The number of fused-ring (bicyclic) bond motifs is 1. The summed E-state index contributed by atoms with van der Waals surface area (Å²) in [4.78, 5) is 27.1. The van der Waals surface area contributed by atoms with Crippen LogP contribution in [0.2, 0.25) is 0 Å². The molecule has 204 valence electrons. The lowest BCUT2D eigenvalue weighted by atomic mass is 9.95. The predicted octanol–water partition coefficient (Wildman–Crippen LogP) is 5.41. The van der Waals surface area contributed by atoms with Crippen molar-refractivity contribution in [3.63, 3.8) is 0 Å². The number of ether oxygens (including phenoxy) is 2. The highest BCUT2D eigenvalue weighted by molar-refractivity contribution is 5.99. The van der Waals surface area contributed by atoms with Crippen molar-refractivity contribution in [3.05, 3.63) is 60.0 Å². The Morgan fingerprint density at radius 3 is 2.64 bits per heavy atom. The average molecular weight is 538 g/mol. The average Bonchev–Trinajstić information content (AvgIpc) is 3.43. The van der Waals surface area contributed by atoms with E-state index in [9.17, 15) is 13.6 Å². The minimum absolute atomic E-state index is 0.104. The summed E-state index contributed by atoms with van der Waals surface area (Å²) in [5, 5.41) is 4.70. The first-order valence-corrected chi connectivity index (χ1v) is 12.9. The maximum atomic E-state index is 14.9. The lowest BCUT2D eigenvalue weighted by molar-refractivity contribution is -0.145. The topological polar surface area (TPSA) is 103 Å². The molecule has 0 spiro atoms. The first kappa shape index (κ1) is 26.5. The summed E-state index contributed by atoms with van der Waals surface area (Å²) in [7, 11) is 0. The SMILES string of the molecule is CCOC(=O)COc1ccc(-c2cc(F)cc3c(N4CCC(c5noc(C(C)C)n5)CC4)ncnc23)cc1F. The molecule has 0 aliphatic carbocycles. The fraction of sp³-hybridized carbons (Fsp3) is 0.393. The minimum Gasteiger partial charge on any atom is -0.479 e. The van der Waals surface area contributed by atoms with Gasteiger partial charge < -0.3 is 18.9 Å². The molecule has 2 aromatic carbocycles. The van der Waals surface area contributed by atoms with E-state index >= 15 is 0 Å². The normalized spacial score (nSPS) is 14.3. The number of hydrogen-bond acceptors (Lipinski definition) is 9. The van der Waals surface area contributed by atoms with Crippen molar-refractivity contribution in [2.24, 2.45) is 0 Å². The van der Waals surface area contributed by atoms with Gasteiger partial charge in [0, 0.05) is 35.9 Å². The Labute approximate surface area is 224 Å². The van der Waals surface area contributed by atoms with E-state index in [0.717, 1.165) is 18.7 Å². The number of esters is 1. The fourth-order valence-corrected chi connectivity index (χ4v) is 4.71. The van der Waals surface area contributed by atoms with Crippen LogP contribution < -0.4 is 9.64 Å². The van der Waals surface area contributed by atoms with Gasteiger partial charge in [-0.3, -0.25) is 0 Å². The van der Waals surface area contributed by atoms with Crippen molar-refractivity contribution in [1.29, 1.82) is 0 Å². The molecule has 9 nitrogen and oxygen atoms in total. The van der Waals surface area contributed by atoms with Gasteiger partial charge in [-0.25, -0.2) is 23.5 Å². The molecule has 1 fully saturated rings. The maximum Gasteiger partial charge on any atom is 0.344 e. The molecule has 0 atom stereocenters. The third-order valence-corrected chi connectivity index (χ3v) is 6.69. The lowest BCUT2D eigenvalue weighted by Crippen LogP contribution is -2.34. The number of hydrogen-bond donors (Lipinski definition) is 0. The van der Waals surface area contributed by atoms with Crippen molar-refractivity contribution in [1.82, 2.24) is 20.1 Å². The van der Waals surface area contributed by atoms with Crippen LogP contribution in [0.15, 0.2) is 41.2 Å². The number of piperidine rings is 1. The Balaban J connectivity index is 1.38. The van der Waals surface area contributed by atoms with E-state index in [1.54, 1.807) is 13.0 Å². The summed E-state index contributed by atoms with van der Waals surface area (Å²) in [6.07, 6.45) is 3.03. The van der Waals surface area contributed by atoms with Crippen molar-refractivity contribution < 1.29 is 27.6 Å². The van der Waals surface area contributed by atoms with Crippen LogP contribution in [0.3, 0.4) is 0 Å². The highest BCUT2D eigenvalue weighted by Gasteiger charge is 2.27. The second kappa shape index (κ2) is 11.3. The summed E-state index contributed by atoms with van der Waals surface area (Å²) < 4.78 is 45.1. The van der Waals surface area contributed by atoms with Crippen molar-refractivity contribution >= 4 is 22.7 Å². The molecular weight excluding hydrogens is 508 g/mol. The first-order valence-electron chi connectivity index (χ1n) is 12.9. The van der Waals surface area contributed by atoms with Crippen molar-refractivity contribution in [2.75, 3.05) is 31.2 Å². The summed E-state index contributed by atoms with van der Waals surface area (Å²) in [5.74, 6) is 0.436. The van der Waals surface area contributed by atoms with Crippen LogP contribution in [-0.4, -0.2) is 52.4 Å². The molecule has 0 amide bonds. The van der Waals surface area contributed by atoms with Gasteiger partial charge in [0.2, 0.25) is 5.89 Å². The van der Waals surface area contributed by atoms with Gasteiger partial charge in [-0.2, -0.15) is 4.98 Å². The maximum absolute atomic E-state index is 14.9. The monoisotopic (exact) mass is 537 g/mol. The molecule has 1 aliphatic rings. The van der Waals surface area contributed by atoms with Crippen LogP contribution in [0.25, 0.3) is 22.0 Å². The van der Waals surface area contributed by atoms with Gasteiger partial charge >= 0.3 is 5.97 Å². The zero-order valence-corrected chi connectivity index (χ0v) is 22.0. The van der Waals surface area contributed by atoms with E-state index < -0.39 is 24.2 Å². The number of halogens is 2. The van der Waals surface area contributed by atoms with E-state index in [-0.39, 0.29) is 24.2 Å². The van der Waals surface area contributed by atoms with E-state index in [2.05, 4.69) is 25.0 Å². The summed E-state index contributed by atoms with van der Waals surface area (Å²) >= 11 is 0. The molecule has 4 aromatic rings. The Morgan fingerprint density at radius 2 is 1.95 bits per heavy atom. The van der Waals surface area contributed by atoms with Crippen molar-refractivity contribution in [3.8, 4) is 16.9 Å².